The summed E-state index contributed by atoms with van der Waals surface area (Å²) in [4.78, 5) is 24.6. The number of benzene rings is 2. The van der Waals surface area contributed by atoms with Crippen molar-refractivity contribution in [2.24, 2.45) is 5.41 Å². The monoisotopic (exact) mass is 537 g/mol. The van der Waals surface area contributed by atoms with Gasteiger partial charge in [-0.25, -0.2) is 4.39 Å². The van der Waals surface area contributed by atoms with Gasteiger partial charge in [0.1, 0.15) is 18.1 Å². The first-order valence-electron chi connectivity index (χ1n) is 11.0. The Labute approximate surface area is 217 Å². The number of rotatable bonds is 9. The summed E-state index contributed by atoms with van der Waals surface area (Å²) >= 11 is 12.3. The highest BCUT2D eigenvalue weighted by atomic mass is 35.5. The van der Waals surface area contributed by atoms with Gasteiger partial charge in [0.05, 0.1) is 28.6 Å². The van der Waals surface area contributed by atoms with E-state index in [0.717, 1.165) is 4.68 Å². The second kappa shape index (κ2) is 11.3. The normalized spacial score (nSPS) is 13.2. The molecule has 11 heteroatoms. The van der Waals surface area contributed by atoms with Crippen LogP contribution in [0.5, 0.6) is 5.88 Å². The zero-order chi connectivity index (χ0) is 26.6. The van der Waals surface area contributed by atoms with Gasteiger partial charge in [0.15, 0.2) is 5.69 Å². The molecule has 2 aromatic carbocycles. The van der Waals surface area contributed by atoms with Crippen LogP contribution in [0.25, 0.3) is 5.69 Å². The topological polar surface area (TPSA) is 114 Å². The molecule has 1 heterocycles. The molecule has 8 nitrogen and oxygen atoms in total. The van der Waals surface area contributed by atoms with Gasteiger partial charge in [0, 0.05) is 6.07 Å². The molecule has 0 fully saturated rings. The smallest absolute Gasteiger partial charge is 0.305 e. The number of carbonyl (C=O) groups is 2. The van der Waals surface area contributed by atoms with Crippen LogP contribution in [0.1, 0.15) is 49.3 Å². The first-order valence-corrected chi connectivity index (χ1v) is 11.8. The Kier molecular flexibility index (Phi) is 8.60. The van der Waals surface area contributed by atoms with Crippen molar-refractivity contribution in [2.75, 3.05) is 6.61 Å². The van der Waals surface area contributed by atoms with E-state index in [1.165, 1.54) is 24.3 Å². The Bertz CT molecular complexity index is 1260. The van der Waals surface area contributed by atoms with Crippen molar-refractivity contribution in [2.45, 2.75) is 39.3 Å². The summed E-state index contributed by atoms with van der Waals surface area (Å²) < 4.78 is 21.4. The van der Waals surface area contributed by atoms with Crippen molar-refractivity contribution in [1.29, 1.82) is 0 Å². The van der Waals surface area contributed by atoms with E-state index in [0.29, 0.717) is 5.56 Å². The number of aliphatic carboxylic acids is 1. The molecule has 1 aromatic heterocycles. The number of carboxylic acids is 1. The minimum atomic E-state index is -1.17. The van der Waals surface area contributed by atoms with Crippen molar-refractivity contribution >= 4 is 35.1 Å². The van der Waals surface area contributed by atoms with Crippen LogP contribution in [-0.4, -0.2) is 44.6 Å². The third kappa shape index (κ3) is 6.54. The van der Waals surface area contributed by atoms with E-state index in [1.807, 2.05) is 20.8 Å². The Balaban J connectivity index is 1.96. The molecule has 192 valence electrons. The van der Waals surface area contributed by atoms with Crippen LogP contribution in [-0.2, 0) is 4.79 Å². The molecule has 0 saturated carbocycles. The van der Waals surface area contributed by atoms with Crippen LogP contribution in [0.2, 0.25) is 10.0 Å². The van der Waals surface area contributed by atoms with Gasteiger partial charge >= 0.3 is 5.97 Å². The number of carbonyl (C=O) groups excluding carboxylic acids is 1. The lowest BCUT2D eigenvalue weighted by Gasteiger charge is -2.25. The Morgan fingerprint density at radius 3 is 2.50 bits per heavy atom. The number of para-hydroxylation sites is 1. The number of hydrogen-bond acceptors (Lipinski definition) is 5. The largest absolute Gasteiger partial charge is 0.481 e. The number of aromatic nitrogens is 2. The van der Waals surface area contributed by atoms with E-state index in [2.05, 4.69) is 10.4 Å². The van der Waals surface area contributed by atoms with E-state index in [1.54, 1.807) is 24.3 Å². The Morgan fingerprint density at radius 2 is 1.86 bits per heavy atom. The molecule has 0 bridgehead atoms. The number of hydrogen-bond donors (Lipinski definition) is 3. The number of nitrogens with one attached hydrogen (secondary N) is 1. The molecule has 3 N–H and O–H groups in total. The second-order valence-electron chi connectivity index (χ2n) is 9.19. The van der Waals surface area contributed by atoms with Gasteiger partial charge in [-0.3, -0.25) is 9.59 Å². The Morgan fingerprint density at radius 1 is 1.17 bits per heavy atom. The van der Waals surface area contributed by atoms with Crippen LogP contribution in [0.3, 0.4) is 0 Å². The summed E-state index contributed by atoms with van der Waals surface area (Å²) in [6.07, 6.45) is -1.33. The zero-order valence-corrected chi connectivity index (χ0v) is 21.3. The number of aliphatic hydroxyl groups excluding tert-OH is 1. The zero-order valence-electron chi connectivity index (χ0n) is 19.8. The van der Waals surface area contributed by atoms with E-state index >= 15 is 0 Å². The van der Waals surface area contributed by atoms with Crippen molar-refractivity contribution in [3.8, 4) is 11.6 Å². The van der Waals surface area contributed by atoms with Crippen LogP contribution in [0.15, 0.2) is 48.5 Å². The van der Waals surface area contributed by atoms with E-state index in [-0.39, 0.29) is 33.9 Å². The number of ether oxygens (including phenoxy) is 1. The summed E-state index contributed by atoms with van der Waals surface area (Å²) in [7, 11) is 0. The van der Waals surface area contributed by atoms with Gasteiger partial charge in [-0.05, 0) is 29.2 Å². The van der Waals surface area contributed by atoms with Gasteiger partial charge in [-0.2, -0.15) is 9.78 Å². The third-order valence-corrected chi connectivity index (χ3v) is 6.25. The number of halogens is 3. The number of nitrogens with zero attached hydrogens (tertiary/aromatic N) is 2. The summed E-state index contributed by atoms with van der Waals surface area (Å²) in [5, 5.41) is 26.9. The molecule has 0 unspecified atom stereocenters. The summed E-state index contributed by atoms with van der Waals surface area (Å²) in [6, 6.07) is 10.7. The fourth-order valence-electron chi connectivity index (χ4n) is 3.22. The highest BCUT2D eigenvalue weighted by Gasteiger charge is 2.27. The van der Waals surface area contributed by atoms with Gasteiger partial charge in [0.2, 0.25) is 5.88 Å². The van der Waals surface area contributed by atoms with Gasteiger partial charge in [-0.15, -0.1) is 0 Å². The molecule has 0 aliphatic rings. The third-order valence-electron chi connectivity index (χ3n) is 5.42. The first-order chi connectivity index (χ1) is 16.9. The highest BCUT2D eigenvalue weighted by Crippen LogP contribution is 2.32. The summed E-state index contributed by atoms with van der Waals surface area (Å²) in [6.45, 7) is 5.36. The maximum Gasteiger partial charge on any atom is 0.305 e. The molecular weight excluding hydrogens is 512 g/mol. The lowest BCUT2D eigenvalue weighted by atomic mass is 9.90. The molecule has 0 spiro atoms. The van der Waals surface area contributed by atoms with Crippen molar-refractivity contribution in [3.63, 3.8) is 0 Å². The average Bonchev–Trinajstić information content (AvgIpc) is 3.22. The lowest BCUT2D eigenvalue weighted by molar-refractivity contribution is -0.137. The molecule has 0 saturated heterocycles. The van der Waals surface area contributed by atoms with Gasteiger partial charge in [0.25, 0.3) is 5.91 Å². The van der Waals surface area contributed by atoms with Gasteiger partial charge in [-0.1, -0.05) is 68.2 Å². The first kappa shape index (κ1) is 27.4. The molecule has 36 heavy (non-hydrogen) atoms. The van der Waals surface area contributed by atoms with Gasteiger partial charge < -0.3 is 20.3 Å². The molecule has 0 radical (unpaired) electrons. The van der Waals surface area contributed by atoms with Crippen molar-refractivity contribution in [3.05, 3.63) is 75.7 Å². The molecule has 0 aliphatic carbocycles. The number of carboxylic acid groups (broad SMARTS) is 1. The summed E-state index contributed by atoms with van der Waals surface area (Å²) in [5.74, 6) is -2.51. The fraction of sp³-hybridized carbons (Fsp3) is 0.320. The molecule has 2 atom stereocenters. The molecule has 1 amide bonds. The van der Waals surface area contributed by atoms with Crippen LogP contribution < -0.4 is 10.1 Å². The van der Waals surface area contributed by atoms with Crippen LogP contribution in [0.4, 0.5) is 4.39 Å². The molecular formula is C25H26Cl2FN3O5. The maximum atomic E-state index is 14.6. The number of aliphatic hydroxyl groups is 1. The average molecular weight is 538 g/mol. The van der Waals surface area contributed by atoms with E-state index < -0.39 is 41.7 Å². The van der Waals surface area contributed by atoms with E-state index in [4.69, 9.17) is 27.9 Å². The van der Waals surface area contributed by atoms with Crippen LogP contribution >= 0.6 is 23.2 Å². The number of amides is 1. The minimum absolute atomic E-state index is 0.0177. The van der Waals surface area contributed by atoms with Crippen molar-refractivity contribution < 1.29 is 28.9 Å². The molecule has 3 rings (SSSR count). The maximum absolute atomic E-state index is 14.6. The quantitative estimate of drug-likeness (QED) is 0.352. The Hall–Kier alpha value is -3.14. The fourth-order valence-corrected chi connectivity index (χ4v) is 3.66. The van der Waals surface area contributed by atoms with Crippen LogP contribution in [0, 0.1) is 11.2 Å². The predicted molar refractivity (Wildman–Crippen MR) is 133 cm³/mol. The second-order valence-corrected chi connectivity index (χ2v) is 9.98. The van der Waals surface area contributed by atoms with Crippen molar-refractivity contribution in [1.82, 2.24) is 15.1 Å². The molecule has 3 aromatic rings. The standard InChI is InChI=1S/C25H26Cl2FN3O5/c1-25(2,3)20(32)13-36-21-11-18(30-31(21)19-10-5-4-9-16(19)28)24(35)29-17(12-22(33)34)14-7-6-8-15(26)23(14)27/h4-11,17,20,32H,12-13H2,1-3H3,(H,29,35)(H,33,34)/t17-,20-/m0/s1. The SMILES string of the molecule is CC(C)(C)[C@@H](O)COc1cc(C(=O)N[C@@H](CC(=O)O)c2cccc(Cl)c2Cl)nn1-c1ccccc1F. The molecule has 0 aliphatic heterocycles. The minimum Gasteiger partial charge on any atom is -0.481 e. The highest BCUT2D eigenvalue weighted by molar-refractivity contribution is 6.42. The lowest BCUT2D eigenvalue weighted by Crippen LogP contribution is -2.32. The summed E-state index contributed by atoms with van der Waals surface area (Å²) in [5.41, 5.74) is -0.300. The van der Waals surface area contributed by atoms with E-state index in [9.17, 15) is 24.2 Å². The predicted octanol–water partition coefficient (Wildman–Crippen LogP) is 5.05.